The number of hydrogen-bond acceptors (Lipinski definition) is 1. The van der Waals surface area contributed by atoms with Gasteiger partial charge in [0.05, 0.1) is 0 Å². The fourth-order valence-electron chi connectivity index (χ4n) is 6.67. The molecule has 3 aromatic rings. The predicted octanol–water partition coefficient (Wildman–Crippen LogP) is 9.13. The van der Waals surface area contributed by atoms with E-state index in [0.29, 0.717) is 92.0 Å². The van der Waals surface area contributed by atoms with E-state index in [1.165, 1.54) is 24.3 Å². The maximum atomic E-state index is 15.7. The first-order valence-electron chi connectivity index (χ1n) is 14.1. The Kier molecular flexibility index (Phi) is 8.26. The van der Waals surface area contributed by atoms with Crippen molar-refractivity contribution in [3.63, 3.8) is 0 Å². The van der Waals surface area contributed by atoms with Crippen LogP contribution in [0.25, 0.3) is 0 Å². The summed E-state index contributed by atoms with van der Waals surface area (Å²) in [5, 5.41) is 8.89. The maximum Gasteiger partial charge on any atom is 0.162 e. The van der Waals surface area contributed by atoms with E-state index >= 15 is 8.78 Å². The zero-order valence-corrected chi connectivity index (χ0v) is 22.4. The first-order chi connectivity index (χ1) is 19.2. The van der Waals surface area contributed by atoms with Gasteiger partial charge >= 0.3 is 0 Å². The SMILES string of the molecule is CCc1ccc(CCC2CCc3c(cc(F)c(C4CCC(c5cc(F)c(C#N)c(F)c5)CC4)c3F)C2)c(F)c1F. The molecule has 1 unspecified atom stereocenters. The predicted molar refractivity (Wildman–Crippen MR) is 141 cm³/mol. The molecule has 1 fully saturated rings. The number of hydrogen-bond donors (Lipinski definition) is 0. The second-order valence-corrected chi connectivity index (χ2v) is 11.3. The fraction of sp³-hybridized carbons (Fsp3) is 0.424. The van der Waals surface area contributed by atoms with Gasteiger partial charge in [-0.3, -0.25) is 0 Å². The quantitative estimate of drug-likeness (QED) is 0.278. The summed E-state index contributed by atoms with van der Waals surface area (Å²) in [7, 11) is 0. The first-order valence-corrected chi connectivity index (χ1v) is 14.1. The van der Waals surface area contributed by atoms with Gasteiger partial charge in [0, 0.05) is 5.56 Å². The zero-order chi connectivity index (χ0) is 28.6. The van der Waals surface area contributed by atoms with Crippen molar-refractivity contribution >= 4 is 0 Å². The number of nitriles is 1. The summed E-state index contributed by atoms with van der Waals surface area (Å²) in [5.41, 5.74) is 1.81. The summed E-state index contributed by atoms with van der Waals surface area (Å²) in [4.78, 5) is 0. The van der Waals surface area contributed by atoms with Crippen molar-refractivity contribution in [3.8, 4) is 6.07 Å². The van der Waals surface area contributed by atoms with E-state index in [-0.39, 0.29) is 23.3 Å². The highest BCUT2D eigenvalue weighted by molar-refractivity contribution is 5.40. The second kappa shape index (κ2) is 11.7. The van der Waals surface area contributed by atoms with Crippen LogP contribution in [0, 0.1) is 52.2 Å². The molecule has 1 atom stereocenters. The molecule has 0 aromatic heterocycles. The monoisotopic (exact) mass is 555 g/mol. The van der Waals surface area contributed by atoms with Crippen LogP contribution in [-0.2, 0) is 25.7 Å². The molecule has 40 heavy (non-hydrogen) atoms. The molecular formula is C33H31F6N. The van der Waals surface area contributed by atoms with Crippen LogP contribution >= 0.6 is 0 Å². The van der Waals surface area contributed by atoms with E-state index in [0.717, 1.165) is 0 Å². The minimum atomic E-state index is -0.892. The number of nitrogens with zero attached hydrogens (tertiary/aromatic N) is 1. The lowest BCUT2D eigenvalue weighted by Crippen LogP contribution is -2.21. The smallest absolute Gasteiger partial charge is 0.162 e. The number of benzene rings is 3. The maximum absolute atomic E-state index is 15.7. The number of rotatable bonds is 6. The number of fused-ring (bicyclic) bond motifs is 1. The Labute approximate surface area is 230 Å². The molecule has 210 valence electrons. The molecule has 1 nitrogen and oxygen atoms in total. The van der Waals surface area contributed by atoms with Gasteiger partial charge < -0.3 is 0 Å². The van der Waals surface area contributed by atoms with Crippen molar-refractivity contribution in [3.05, 3.63) is 104 Å². The molecule has 0 aliphatic heterocycles. The molecule has 0 radical (unpaired) electrons. The molecule has 2 aliphatic carbocycles. The first kappa shape index (κ1) is 28.3. The lowest BCUT2D eigenvalue weighted by atomic mass is 9.74. The van der Waals surface area contributed by atoms with Gasteiger partial charge in [0.25, 0.3) is 0 Å². The molecule has 2 aliphatic rings. The Morgan fingerprint density at radius 3 is 2.05 bits per heavy atom. The molecule has 3 aromatic carbocycles. The normalized spacial score (nSPS) is 20.7. The molecule has 0 heterocycles. The lowest BCUT2D eigenvalue weighted by Gasteiger charge is -2.32. The van der Waals surface area contributed by atoms with Crippen LogP contribution in [-0.4, -0.2) is 0 Å². The number of halogens is 6. The standard InChI is InChI=1S/C33H31F6N/c1-2-19-6-11-22(32(38)31(19)37)5-3-18-4-12-25-24(13-18)16-29(36)30(33(25)39)21-9-7-20(8-10-21)23-14-27(34)26(17-40)28(35)15-23/h6,11,14-16,18,20-21H,2-5,7-10,12-13H2,1H3. The largest absolute Gasteiger partial charge is 0.207 e. The average Bonchev–Trinajstić information content (AvgIpc) is 2.94. The van der Waals surface area contributed by atoms with Crippen molar-refractivity contribution < 1.29 is 26.3 Å². The van der Waals surface area contributed by atoms with Gasteiger partial charge in [-0.05, 0) is 128 Å². The second-order valence-electron chi connectivity index (χ2n) is 11.3. The van der Waals surface area contributed by atoms with Crippen molar-refractivity contribution in [2.75, 3.05) is 0 Å². The third-order valence-electron chi connectivity index (χ3n) is 8.99. The molecule has 0 spiro atoms. The van der Waals surface area contributed by atoms with E-state index in [2.05, 4.69) is 0 Å². The van der Waals surface area contributed by atoms with E-state index in [1.807, 2.05) is 0 Å². The van der Waals surface area contributed by atoms with Crippen molar-refractivity contribution in [1.29, 1.82) is 5.26 Å². The van der Waals surface area contributed by atoms with Gasteiger partial charge in [-0.15, -0.1) is 0 Å². The van der Waals surface area contributed by atoms with Crippen LogP contribution in [0.4, 0.5) is 26.3 Å². The molecule has 0 amide bonds. The van der Waals surface area contributed by atoms with Gasteiger partial charge in [0.1, 0.15) is 34.9 Å². The Morgan fingerprint density at radius 2 is 1.40 bits per heavy atom. The van der Waals surface area contributed by atoms with Gasteiger partial charge in [-0.1, -0.05) is 19.1 Å². The van der Waals surface area contributed by atoms with Crippen LogP contribution in [0.2, 0.25) is 0 Å². The van der Waals surface area contributed by atoms with E-state index < -0.39 is 40.5 Å². The summed E-state index contributed by atoms with van der Waals surface area (Å²) in [6.07, 6.45) is 5.07. The third kappa shape index (κ3) is 5.38. The number of aryl methyl sites for hydroxylation is 2. The summed E-state index contributed by atoms with van der Waals surface area (Å²) in [6, 6.07) is 8.58. The van der Waals surface area contributed by atoms with Gasteiger partial charge in [0.15, 0.2) is 11.6 Å². The third-order valence-corrected chi connectivity index (χ3v) is 8.99. The van der Waals surface area contributed by atoms with Gasteiger partial charge in [-0.25, -0.2) is 26.3 Å². The average molecular weight is 556 g/mol. The summed E-state index contributed by atoms with van der Waals surface area (Å²) in [6.45, 7) is 1.77. The summed E-state index contributed by atoms with van der Waals surface area (Å²) >= 11 is 0. The molecule has 5 rings (SSSR count). The Bertz CT molecular complexity index is 1440. The molecule has 0 saturated heterocycles. The topological polar surface area (TPSA) is 23.8 Å². The van der Waals surface area contributed by atoms with E-state index in [4.69, 9.17) is 5.26 Å². The minimum Gasteiger partial charge on any atom is -0.207 e. The van der Waals surface area contributed by atoms with Crippen LogP contribution in [0.15, 0.2) is 30.3 Å². The summed E-state index contributed by atoms with van der Waals surface area (Å²) in [5.74, 6) is -4.79. The van der Waals surface area contributed by atoms with Crippen LogP contribution in [0.3, 0.4) is 0 Å². The van der Waals surface area contributed by atoms with Crippen LogP contribution in [0.1, 0.15) is 96.2 Å². The van der Waals surface area contributed by atoms with Crippen molar-refractivity contribution in [2.45, 2.75) is 83.0 Å². The van der Waals surface area contributed by atoms with E-state index in [9.17, 15) is 17.6 Å². The molecule has 7 heteroatoms. The van der Waals surface area contributed by atoms with Crippen molar-refractivity contribution in [1.82, 2.24) is 0 Å². The fourth-order valence-corrected chi connectivity index (χ4v) is 6.67. The van der Waals surface area contributed by atoms with Crippen LogP contribution < -0.4 is 0 Å². The molecular weight excluding hydrogens is 524 g/mol. The molecule has 1 saturated carbocycles. The van der Waals surface area contributed by atoms with Gasteiger partial charge in [-0.2, -0.15) is 5.26 Å². The van der Waals surface area contributed by atoms with Crippen LogP contribution in [0.5, 0.6) is 0 Å². The Morgan fingerprint density at radius 1 is 0.775 bits per heavy atom. The van der Waals surface area contributed by atoms with Gasteiger partial charge in [0.2, 0.25) is 0 Å². The highest BCUT2D eigenvalue weighted by Crippen LogP contribution is 2.44. The summed E-state index contributed by atoms with van der Waals surface area (Å²) < 4.78 is 87.8. The zero-order valence-electron chi connectivity index (χ0n) is 22.4. The molecule has 0 bridgehead atoms. The molecule has 0 N–H and O–H groups in total. The van der Waals surface area contributed by atoms with E-state index in [1.54, 1.807) is 19.1 Å². The minimum absolute atomic E-state index is 0.0985. The Hall–Kier alpha value is -3.27. The highest BCUT2D eigenvalue weighted by atomic mass is 19.2. The lowest BCUT2D eigenvalue weighted by molar-refractivity contribution is 0.368. The Balaban J connectivity index is 1.25. The highest BCUT2D eigenvalue weighted by Gasteiger charge is 2.32. The van der Waals surface area contributed by atoms with Crippen molar-refractivity contribution in [2.24, 2.45) is 5.92 Å².